The number of nitrogens with zero attached hydrogens (tertiary/aromatic N) is 1. The number of cyclic esters (lactones) is 1. The molecule has 3 fully saturated rings. The monoisotopic (exact) mass is 519 g/mol. The van der Waals surface area contributed by atoms with Gasteiger partial charge >= 0.3 is 5.97 Å². The molecule has 0 aromatic heterocycles. The lowest BCUT2D eigenvalue weighted by atomic mass is 9.84. The Balaban J connectivity index is 1.55. The van der Waals surface area contributed by atoms with E-state index >= 15 is 0 Å². The van der Waals surface area contributed by atoms with E-state index in [1.807, 2.05) is 20.8 Å². The SMILES string of the molecule is CCO[C@@H]1OC(=O)C[C@@H]1NC(=O)[C@@H]1[C@H]2CCC(C2)N1C(=O)[C@@H](NC(=O)c1ccccc1Cl)C(C)(C)C. The van der Waals surface area contributed by atoms with Crippen molar-refractivity contribution < 1.29 is 28.7 Å². The maximum absolute atomic E-state index is 14.0. The molecule has 2 heterocycles. The van der Waals surface area contributed by atoms with Crippen molar-refractivity contribution in [2.75, 3.05) is 6.61 Å². The Labute approximate surface area is 216 Å². The maximum atomic E-state index is 14.0. The molecule has 2 bridgehead atoms. The Morgan fingerprint density at radius 2 is 1.94 bits per heavy atom. The molecule has 0 spiro atoms. The number of ether oxygens (including phenoxy) is 2. The fourth-order valence-electron chi connectivity index (χ4n) is 5.53. The highest BCUT2D eigenvalue weighted by Gasteiger charge is 2.54. The molecule has 1 aliphatic carbocycles. The fourth-order valence-corrected chi connectivity index (χ4v) is 5.75. The van der Waals surface area contributed by atoms with Gasteiger partial charge < -0.3 is 25.0 Å². The molecule has 196 valence electrons. The second-order valence-corrected chi connectivity index (χ2v) is 11.2. The minimum atomic E-state index is -0.872. The zero-order valence-corrected chi connectivity index (χ0v) is 21.8. The molecule has 10 heteroatoms. The summed E-state index contributed by atoms with van der Waals surface area (Å²) in [5, 5.41) is 6.08. The number of nitrogens with one attached hydrogen (secondary N) is 2. The van der Waals surface area contributed by atoms with Gasteiger partial charge in [-0.2, -0.15) is 0 Å². The number of carbonyl (C=O) groups excluding carboxylic acids is 4. The van der Waals surface area contributed by atoms with E-state index in [1.54, 1.807) is 36.1 Å². The molecule has 2 saturated heterocycles. The van der Waals surface area contributed by atoms with Crippen LogP contribution in [0.15, 0.2) is 24.3 Å². The van der Waals surface area contributed by atoms with Gasteiger partial charge in [-0.25, -0.2) is 0 Å². The predicted octanol–water partition coefficient (Wildman–Crippen LogP) is 2.66. The topological polar surface area (TPSA) is 114 Å². The molecule has 3 amide bonds. The van der Waals surface area contributed by atoms with Crippen molar-refractivity contribution >= 4 is 35.3 Å². The summed E-state index contributed by atoms with van der Waals surface area (Å²) >= 11 is 6.21. The lowest BCUT2D eigenvalue weighted by Crippen LogP contribution is -2.62. The molecule has 1 aromatic carbocycles. The summed E-state index contributed by atoms with van der Waals surface area (Å²) in [6, 6.07) is 4.42. The lowest BCUT2D eigenvalue weighted by molar-refractivity contribution is -0.165. The highest BCUT2D eigenvalue weighted by atomic mass is 35.5. The van der Waals surface area contributed by atoms with Gasteiger partial charge in [0.15, 0.2) is 0 Å². The van der Waals surface area contributed by atoms with Crippen molar-refractivity contribution in [3.63, 3.8) is 0 Å². The number of carbonyl (C=O) groups is 4. The van der Waals surface area contributed by atoms with Crippen molar-refractivity contribution in [1.29, 1.82) is 0 Å². The van der Waals surface area contributed by atoms with Crippen molar-refractivity contribution in [2.24, 2.45) is 11.3 Å². The zero-order valence-electron chi connectivity index (χ0n) is 21.1. The third kappa shape index (κ3) is 5.22. The first-order valence-corrected chi connectivity index (χ1v) is 12.9. The summed E-state index contributed by atoms with van der Waals surface area (Å²) in [6.07, 6.45) is 1.56. The van der Waals surface area contributed by atoms with Gasteiger partial charge in [-0.1, -0.05) is 44.5 Å². The molecule has 3 aliphatic rings. The molecule has 2 aliphatic heterocycles. The van der Waals surface area contributed by atoms with Crippen molar-refractivity contribution in [3.05, 3.63) is 34.9 Å². The number of fused-ring (bicyclic) bond motifs is 2. The summed E-state index contributed by atoms with van der Waals surface area (Å²) in [4.78, 5) is 54.0. The Morgan fingerprint density at radius 1 is 1.22 bits per heavy atom. The van der Waals surface area contributed by atoms with E-state index in [2.05, 4.69) is 10.6 Å². The molecular weight excluding hydrogens is 486 g/mol. The Hall–Kier alpha value is -2.65. The predicted molar refractivity (Wildman–Crippen MR) is 132 cm³/mol. The molecule has 6 atom stereocenters. The minimum Gasteiger partial charge on any atom is -0.433 e. The van der Waals surface area contributed by atoms with Gasteiger partial charge in [0.25, 0.3) is 5.91 Å². The van der Waals surface area contributed by atoms with Gasteiger partial charge in [-0.3, -0.25) is 19.2 Å². The van der Waals surface area contributed by atoms with Crippen LogP contribution in [0.1, 0.15) is 63.7 Å². The molecular formula is C26H34ClN3O6. The van der Waals surface area contributed by atoms with Crippen LogP contribution in [0.4, 0.5) is 0 Å². The van der Waals surface area contributed by atoms with E-state index in [-0.39, 0.29) is 35.8 Å². The van der Waals surface area contributed by atoms with Crippen molar-refractivity contribution in [2.45, 2.75) is 83.8 Å². The number of hydrogen-bond donors (Lipinski definition) is 2. The summed E-state index contributed by atoms with van der Waals surface area (Å²) in [5.74, 6) is -1.48. The maximum Gasteiger partial charge on any atom is 0.310 e. The smallest absolute Gasteiger partial charge is 0.310 e. The Morgan fingerprint density at radius 3 is 2.61 bits per heavy atom. The number of benzene rings is 1. The molecule has 4 rings (SSSR count). The number of likely N-dealkylation sites (tertiary alicyclic amines) is 1. The van der Waals surface area contributed by atoms with Crippen LogP contribution in [0.2, 0.25) is 5.02 Å². The van der Waals surface area contributed by atoms with Crippen LogP contribution < -0.4 is 10.6 Å². The number of piperidine rings is 1. The van der Waals surface area contributed by atoms with E-state index < -0.39 is 41.7 Å². The van der Waals surface area contributed by atoms with Gasteiger partial charge in [0.1, 0.15) is 18.1 Å². The third-order valence-corrected chi connectivity index (χ3v) is 7.57. The van der Waals surface area contributed by atoms with Gasteiger partial charge in [-0.05, 0) is 49.7 Å². The normalized spacial score (nSPS) is 28.1. The van der Waals surface area contributed by atoms with Crippen LogP contribution in [0.25, 0.3) is 0 Å². The van der Waals surface area contributed by atoms with E-state index in [0.717, 1.165) is 19.3 Å². The van der Waals surface area contributed by atoms with E-state index in [0.29, 0.717) is 11.6 Å². The number of esters is 1. The second-order valence-electron chi connectivity index (χ2n) is 10.8. The molecule has 36 heavy (non-hydrogen) atoms. The summed E-state index contributed by atoms with van der Waals surface area (Å²) in [5.41, 5.74) is -0.339. The first-order valence-electron chi connectivity index (χ1n) is 12.5. The van der Waals surface area contributed by atoms with Crippen LogP contribution in [0, 0.1) is 11.3 Å². The van der Waals surface area contributed by atoms with E-state index in [9.17, 15) is 19.2 Å². The Kier molecular flexibility index (Phi) is 7.61. The van der Waals surface area contributed by atoms with Gasteiger partial charge in [-0.15, -0.1) is 0 Å². The molecule has 9 nitrogen and oxygen atoms in total. The number of rotatable bonds is 7. The first-order chi connectivity index (χ1) is 17.0. The van der Waals surface area contributed by atoms with Crippen LogP contribution in [0.3, 0.4) is 0 Å². The van der Waals surface area contributed by atoms with Gasteiger partial charge in [0, 0.05) is 12.6 Å². The summed E-state index contributed by atoms with van der Waals surface area (Å²) in [7, 11) is 0. The van der Waals surface area contributed by atoms with Crippen LogP contribution in [0.5, 0.6) is 0 Å². The zero-order chi connectivity index (χ0) is 26.2. The molecule has 1 unspecified atom stereocenters. The fraction of sp³-hybridized carbons (Fsp3) is 0.615. The summed E-state index contributed by atoms with van der Waals surface area (Å²) < 4.78 is 10.6. The quantitative estimate of drug-likeness (QED) is 0.535. The standard InChI is InChI=1S/C26H34ClN3O6/c1-5-35-25-18(13-19(31)36-25)28-23(33)20-14-10-11-15(12-14)30(20)24(34)21(26(2,3)4)29-22(32)16-8-6-7-9-17(16)27/h6-9,14-15,18,20-21,25H,5,10-13H2,1-4H3,(H,28,33)(H,29,32)/t14-,15?,18-,20-,21+,25+/m0/s1. The number of hydrogen-bond acceptors (Lipinski definition) is 6. The lowest BCUT2D eigenvalue weighted by Gasteiger charge is -2.40. The molecule has 1 aromatic rings. The van der Waals surface area contributed by atoms with Crippen molar-refractivity contribution in [1.82, 2.24) is 15.5 Å². The second kappa shape index (κ2) is 10.4. The highest BCUT2D eigenvalue weighted by Crippen LogP contribution is 2.44. The van der Waals surface area contributed by atoms with E-state index in [4.69, 9.17) is 21.1 Å². The van der Waals surface area contributed by atoms with Crippen LogP contribution in [-0.4, -0.2) is 65.7 Å². The number of halogens is 1. The first kappa shape index (κ1) is 26.4. The van der Waals surface area contributed by atoms with Crippen LogP contribution >= 0.6 is 11.6 Å². The van der Waals surface area contributed by atoms with Gasteiger partial charge in [0.2, 0.25) is 18.1 Å². The molecule has 1 saturated carbocycles. The summed E-state index contributed by atoms with van der Waals surface area (Å²) in [6.45, 7) is 7.74. The third-order valence-electron chi connectivity index (χ3n) is 7.24. The largest absolute Gasteiger partial charge is 0.433 e. The average Bonchev–Trinajstić information content (AvgIpc) is 3.51. The Bertz CT molecular complexity index is 1040. The van der Waals surface area contributed by atoms with Crippen LogP contribution in [-0.2, 0) is 23.9 Å². The molecule has 0 radical (unpaired) electrons. The number of amides is 3. The average molecular weight is 520 g/mol. The minimum absolute atomic E-state index is 0.0161. The van der Waals surface area contributed by atoms with Gasteiger partial charge in [0.05, 0.1) is 17.0 Å². The van der Waals surface area contributed by atoms with Crippen molar-refractivity contribution in [3.8, 4) is 0 Å². The van der Waals surface area contributed by atoms with E-state index in [1.165, 1.54) is 0 Å². The highest BCUT2D eigenvalue weighted by molar-refractivity contribution is 6.33. The molecule has 2 N–H and O–H groups in total.